The molecule has 0 aromatic heterocycles. The van der Waals surface area contributed by atoms with Gasteiger partial charge in [-0.3, -0.25) is 5.41 Å². The quantitative estimate of drug-likeness (QED) is 0.635. The van der Waals surface area contributed by atoms with Crippen LogP contribution in [0, 0.1) is 24.2 Å². The summed E-state index contributed by atoms with van der Waals surface area (Å²) in [6, 6.07) is 6.22. The summed E-state index contributed by atoms with van der Waals surface area (Å²) < 4.78 is 0. The fourth-order valence-corrected chi connectivity index (χ4v) is 2.69. The summed E-state index contributed by atoms with van der Waals surface area (Å²) in [6.45, 7) is 8.77. The highest BCUT2D eigenvalue weighted by molar-refractivity contribution is 6.00. The van der Waals surface area contributed by atoms with Crippen molar-refractivity contribution in [3.63, 3.8) is 0 Å². The highest BCUT2D eigenvalue weighted by Crippen LogP contribution is 2.30. The fourth-order valence-electron chi connectivity index (χ4n) is 2.69. The van der Waals surface area contributed by atoms with Crippen LogP contribution < -0.4 is 10.6 Å². The summed E-state index contributed by atoms with van der Waals surface area (Å²) >= 11 is 0. The van der Waals surface area contributed by atoms with Crippen LogP contribution in [0.25, 0.3) is 0 Å². The second-order valence-electron chi connectivity index (χ2n) is 5.67. The van der Waals surface area contributed by atoms with E-state index in [0.717, 1.165) is 41.7 Å². The van der Waals surface area contributed by atoms with Gasteiger partial charge >= 0.3 is 0 Å². The lowest BCUT2D eigenvalue weighted by atomic mass is 9.95. The van der Waals surface area contributed by atoms with Crippen molar-refractivity contribution in [1.82, 2.24) is 0 Å². The third kappa shape index (κ3) is 2.50. The Hall–Kier alpha value is -1.51. The van der Waals surface area contributed by atoms with Gasteiger partial charge in [-0.05, 0) is 37.3 Å². The average molecular weight is 245 g/mol. The molecule has 3 heteroatoms. The molecule has 0 saturated carbocycles. The molecule has 3 nitrogen and oxygen atoms in total. The van der Waals surface area contributed by atoms with Crippen LogP contribution in [-0.4, -0.2) is 18.9 Å². The van der Waals surface area contributed by atoms with E-state index >= 15 is 0 Å². The Morgan fingerprint density at radius 2 is 2.17 bits per heavy atom. The van der Waals surface area contributed by atoms with Gasteiger partial charge in [0.05, 0.1) is 0 Å². The highest BCUT2D eigenvalue weighted by atomic mass is 15.2. The molecule has 0 spiro atoms. The average Bonchev–Trinajstić information content (AvgIpc) is 2.78. The van der Waals surface area contributed by atoms with Gasteiger partial charge in [0, 0.05) is 24.3 Å². The Bertz CT molecular complexity index is 451. The minimum absolute atomic E-state index is 0.168. The number of nitrogens with zero attached hydrogens (tertiary/aromatic N) is 1. The van der Waals surface area contributed by atoms with Crippen molar-refractivity contribution in [2.45, 2.75) is 27.2 Å². The van der Waals surface area contributed by atoms with E-state index in [2.05, 4.69) is 30.9 Å². The van der Waals surface area contributed by atoms with Crippen molar-refractivity contribution in [1.29, 1.82) is 5.41 Å². The van der Waals surface area contributed by atoms with Crippen molar-refractivity contribution in [3.05, 3.63) is 29.3 Å². The lowest BCUT2D eigenvalue weighted by Gasteiger charge is -2.23. The molecule has 0 amide bonds. The number of aryl methyl sites for hydroxylation is 1. The summed E-state index contributed by atoms with van der Waals surface area (Å²) in [5.41, 5.74) is 8.85. The minimum Gasteiger partial charge on any atom is -0.384 e. The molecular formula is C15H23N3. The number of benzene rings is 1. The first-order valence-electron chi connectivity index (χ1n) is 6.69. The third-order valence-electron chi connectivity index (χ3n) is 3.95. The van der Waals surface area contributed by atoms with E-state index in [9.17, 15) is 0 Å². The number of nitrogens with one attached hydrogen (secondary N) is 1. The van der Waals surface area contributed by atoms with E-state index in [-0.39, 0.29) is 5.84 Å². The minimum atomic E-state index is 0.168. The number of nitrogen functional groups attached to an aromatic ring is 1. The first kappa shape index (κ1) is 12.9. The topological polar surface area (TPSA) is 53.1 Å². The Balaban J connectivity index is 2.27. The maximum Gasteiger partial charge on any atom is 0.124 e. The van der Waals surface area contributed by atoms with Crippen LogP contribution in [0.5, 0.6) is 0 Å². The number of rotatable bonds is 3. The molecule has 1 atom stereocenters. The molecule has 18 heavy (non-hydrogen) atoms. The Morgan fingerprint density at radius 1 is 1.44 bits per heavy atom. The maximum absolute atomic E-state index is 7.72. The molecule has 0 radical (unpaired) electrons. The zero-order chi connectivity index (χ0) is 13.3. The Labute approximate surface area is 109 Å². The smallest absolute Gasteiger partial charge is 0.124 e. The first-order valence-corrected chi connectivity index (χ1v) is 6.69. The number of anilines is 1. The molecule has 0 bridgehead atoms. The summed E-state index contributed by atoms with van der Waals surface area (Å²) in [5, 5.41) is 7.72. The van der Waals surface area contributed by atoms with Gasteiger partial charge in [0.2, 0.25) is 0 Å². The van der Waals surface area contributed by atoms with Crippen LogP contribution in [0.1, 0.15) is 31.4 Å². The second kappa shape index (κ2) is 5.01. The molecule has 1 saturated heterocycles. The third-order valence-corrected chi connectivity index (χ3v) is 3.95. The molecule has 98 valence electrons. The van der Waals surface area contributed by atoms with Gasteiger partial charge < -0.3 is 10.6 Å². The molecule has 1 heterocycles. The zero-order valence-corrected chi connectivity index (χ0v) is 11.5. The number of nitrogens with two attached hydrogens (primary N) is 1. The molecule has 3 N–H and O–H groups in total. The Kier molecular flexibility index (Phi) is 3.60. The summed E-state index contributed by atoms with van der Waals surface area (Å²) in [7, 11) is 0. The van der Waals surface area contributed by atoms with Gasteiger partial charge in [-0.25, -0.2) is 0 Å². The SMILES string of the molecule is Cc1ccc(N2CCC(C(C)C)C2)c(C(=N)N)c1. The predicted molar refractivity (Wildman–Crippen MR) is 77.4 cm³/mol. The molecule has 1 aliphatic heterocycles. The van der Waals surface area contributed by atoms with Gasteiger partial charge in [-0.2, -0.15) is 0 Å². The molecule has 1 unspecified atom stereocenters. The summed E-state index contributed by atoms with van der Waals surface area (Å²) in [6.07, 6.45) is 1.24. The van der Waals surface area contributed by atoms with Crippen molar-refractivity contribution in [2.24, 2.45) is 17.6 Å². The molecule has 1 aromatic rings. The van der Waals surface area contributed by atoms with Crippen molar-refractivity contribution in [3.8, 4) is 0 Å². The lowest BCUT2D eigenvalue weighted by molar-refractivity contribution is 0.423. The van der Waals surface area contributed by atoms with E-state index < -0.39 is 0 Å². The van der Waals surface area contributed by atoms with Crippen molar-refractivity contribution < 1.29 is 0 Å². The van der Waals surface area contributed by atoms with Gasteiger partial charge in [0.25, 0.3) is 0 Å². The van der Waals surface area contributed by atoms with Crippen LogP contribution >= 0.6 is 0 Å². The predicted octanol–water partition coefficient (Wildman–Crippen LogP) is 2.76. The van der Waals surface area contributed by atoms with Gasteiger partial charge in [-0.15, -0.1) is 0 Å². The van der Waals surface area contributed by atoms with E-state index in [1.807, 2.05) is 13.0 Å². The number of amidine groups is 1. The van der Waals surface area contributed by atoms with Gasteiger partial charge in [-0.1, -0.05) is 25.5 Å². The standard InChI is InChI=1S/C15H23N3/c1-10(2)12-6-7-18(9-12)14-5-4-11(3)8-13(14)15(16)17/h4-5,8,10,12H,6-7,9H2,1-3H3,(H3,16,17). The lowest BCUT2D eigenvalue weighted by Crippen LogP contribution is -2.25. The molecule has 0 aliphatic carbocycles. The van der Waals surface area contributed by atoms with Crippen molar-refractivity contribution in [2.75, 3.05) is 18.0 Å². The summed E-state index contributed by atoms with van der Waals surface area (Å²) in [5.74, 6) is 1.65. The van der Waals surface area contributed by atoms with Gasteiger partial charge in [0.1, 0.15) is 5.84 Å². The molecule has 1 aliphatic rings. The molecule has 2 rings (SSSR count). The monoisotopic (exact) mass is 245 g/mol. The zero-order valence-electron chi connectivity index (χ0n) is 11.5. The number of hydrogen-bond acceptors (Lipinski definition) is 2. The largest absolute Gasteiger partial charge is 0.384 e. The summed E-state index contributed by atoms with van der Waals surface area (Å²) in [4.78, 5) is 2.38. The fraction of sp³-hybridized carbons (Fsp3) is 0.533. The molecule has 1 fully saturated rings. The number of hydrogen-bond donors (Lipinski definition) is 2. The molecular weight excluding hydrogens is 222 g/mol. The second-order valence-corrected chi connectivity index (χ2v) is 5.67. The Morgan fingerprint density at radius 3 is 2.72 bits per heavy atom. The molecule has 1 aromatic carbocycles. The van der Waals surface area contributed by atoms with Crippen molar-refractivity contribution >= 4 is 11.5 Å². The first-order chi connectivity index (χ1) is 8.49. The van der Waals surface area contributed by atoms with Crippen LogP contribution in [-0.2, 0) is 0 Å². The maximum atomic E-state index is 7.72. The van der Waals surface area contributed by atoms with Crippen LogP contribution in [0.2, 0.25) is 0 Å². The van der Waals surface area contributed by atoms with Crippen LogP contribution in [0.3, 0.4) is 0 Å². The van der Waals surface area contributed by atoms with E-state index in [4.69, 9.17) is 11.1 Å². The normalized spacial score (nSPS) is 19.6. The van der Waals surface area contributed by atoms with E-state index in [1.165, 1.54) is 6.42 Å². The highest BCUT2D eigenvalue weighted by Gasteiger charge is 2.26. The van der Waals surface area contributed by atoms with E-state index in [0.29, 0.717) is 0 Å². The van der Waals surface area contributed by atoms with E-state index in [1.54, 1.807) is 0 Å². The van der Waals surface area contributed by atoms with Gasteiger partial charge in [0.15, 0.2) is 0 Å². The van der Waals surface area contributed by atoms with Crippen LogP contribution in [0.4, 0.5) is 5.69 Å². The van der Waals surface area contributed by atoms with Crippen LogP contribution in [0.15, 0.2) is 18.2 Å².